The molecular weight excluding hydrogens is 422 g/mol. The van der Waals surface area contributed by atoms with Crippen molar-refractivity contribution < 1.29 is 9.47 Å². The fourth-order valence-corrected chi connectivity index (χ4v) is 4.23. The Kier molecular flexibility index (Phi) is 6.19. The Morgan fingerprint density at radius 2 is 1.47 bits per heavy atom. The van der Waals surface area contributed by atoms with Crippen molar-refractivity contribution in [3.8, 4) is 11.5 Å². The van der Waals surface area contributed by atoms with Crippen molar-refractivity contribution in [3.63, 3.8) is 0 Å². The highest BCUT2D eigenvalue weighted by Gasteiger charge is 2.17. The number of aromatic nitrogens is 1. The van der Waals surface area contributed by atoms with Crippen LogP contribution < -0.4 is 20.5 Å². The van der Waals surface area contributed by atoms with Crippen molar-refractivity contribution in [2.75, 3.05) is 18.9 Å². The summed E-state index contributed by atoms with van der Waals surface area (Å²) in [4.78, 5) is 4.80. The van der Waals surface area contributed by atoms with Crippen molar-refractivity contribution in [2.45, 2.75) is 26.0 Å². The predicted molar refractivity (Wildman–Crippen MR) is 141 cm³/mol. The van der Waals surface area contributed by atoms with Crippen molar-refractivity contribution in [3.05, 3.63) is 84.9 Å². The molecule has 1 aromatic heterocycles. The third-order valence-electron chi connectivity index (χ3n) is 5.93. The van der Waals surface area contributed by atoms with Crippen LogP contribution in [0.1, 0.15) is 13.8 Å². The first-order chi connectivity index (χ1) is 16.6. The zero-order chi connectivity index (χ0) is 23.5. The number of hydrogen-bond acceptors (Lipinski definition) is 5. The molecule has 0 aliphatic heterocycles. The van der Waals surface area contributed by atoms with Gasteiger partial charge in [0, 0.05) is 23.4 Å². The van der Waals surface area contributed by atoms with Crippen LogP contribution in [0.5, 0.6) is 11.5 Å². The average molecular weight is 452 g/mol. The normalized spacial score (nSPS) is 12.4. The monoisotopic (exact) mass is 451 g/mol. The van der Waals surface area contributed by atoms with E-state index in [-0.39, 0.29) is 6.10 Å². The lowest BCUT2D eigenvalue weighted by molar-refractivity contribution is 0.127. The smallest absolute Gasteiger partial charge is 0.145 e. The summed E-state index contributed by atoms with van der Waals surface area (Å²) in [6.45, 7) is 5.27. The van der Waals surface area contributed by atoms with Gasteiger partial charge in [0.1, 0.15) is 24.2 Å². The average Bonchev–Trinajstić information content (AvgIpc) is 2.85. The van der Waals surface area contributed by atoms with Gasteiger partial charge in [0.15, 0.2) is 0 Å². The van der Waals surface area contributed by atoms with Gasteiger partial charge in [-0.05, 0) is 29.7 Å². The first-order valence-electron chi connectivity index (χ1n) is 11.7. The van der Waals surface area contributed by atoms with Crippen LogP contribution in [-0.2, 0) is 0 Å². The molecule has 5 rings (SSSR count). The van der Waals surface area contributed by atoms with Crippen molar-refractivity contribution in [2.24, 2.45) is 0 Å². The molecule has 1 unspecified atom stereocenters. The summed E-state index contributed by atoms with van der Waals surface area (Å²) in [7, 11) is 0. The molecule has 0 bridgehead atoms. The van der Waals surface area contributed by atoms with Gasteiger partial charge in [0.2, 0.25) is 0 Å². The minimum Gasteiger partial charge on any atom is -0.489 e. The molecule has 5 aromatic rings. The first kappa shape index (κ1) is 22.0. The van der Waals surface area contributed by atoms with Crippen LogP contribution in [0.3, 0.4) is 0 Å². The van der Waals surface area contributed by atoms with Crippen LogP contribution in [0.4, 0.5) is 5.69 Å². The summed E-state index contributed by atoms with van der Waals surface area (Å²) in [5.74, 6) is 1.56. The van der Waals surface area contributed by atoms with Gasteiger partial charge in [0.05, 0.1) is 22.1 Å². The number of pyridine rings is 1. The van der Waals surface area contributed by atoms with Gasteiger partial charge >= 0.3 is 0 Å². The van der Waals surface area contributed by atoms with Crippen molar-refractivity contribution in [1.82, 2.24) is 10.3 Å². The third kappa shape index (κ3) is 4.47. The Hall–Kier alpha value is -3.83. The Morgan fingerprint density at radius 1 is 0.794 bits per heavy atom. The highest BCUT2D eigenvalue weighted by Crippen LogP contribution is 2.35. The Balaban J connectivity index is 1.46. The number of nitrogens with one attached hydrogen (secondary N) is 1. The Labute approximate surface area is 199 Å². The molecular formula is C29H29N3O2. The largest absolute Gasteiger partial charge is 0.489 e. The maximum atomic E-state index is 6.61. The molecule has 0 aliphatic rings. The van der Waals surface area contributed by atoms with Crippen LogP contribution in [0.2, 0.25) is 0 Å². The zero-order valence-corrected chi connectivity index (χ0v) is 19.5. The van der Waals surface area contributed by atoms with E-state index in [2.05, 4.69) is 37.4 Å². The number of hydrogen-bond donors (Lipinski definition) is 2. The highest BCUT2D eigenvalue weighted by atomic mass is 16.5. The van der Waals surface area contributed by atoms with E-state index in [1.165, 1.54) is 0 Å². The van der Waals surface area contributed by atoms with E-state index in [9.17, 15) is 0 Å². The molecule has 172 valence electrons. The lowest BCUT2D eigenvalue weighted by atomic mass is 10.1. The molecule has 0 aliphatic carbocycles. The van der Waals surface area contributed by atoms with Gasteiger partial charge in [-0.25, -0.2) is 4.98 Å². The van der Waals surface area contributed by atoms with E-state index in [0.29, 0.717) is 30.6 Å². The van der Waals surface area contributed by atoms with Crippen LogP contribution in [0, 0.1) is 0 Å². The maximum Gasteiger partial charge on any atom is 0.145 e. The molecule has 1 heterocycles. The number of nitrogens with two attached hydrogens (primary N) is 1. The first-order valence-corrected chi connectivity index (χ1v) is 11.7. The minimum atomic E-state index is -0.224. The number of rotatable bonds is 8. The maximum absolute atomic E-state index is 6.61. The van der Waals surface area contributed by atoms with Gasteiger partial charge in [-0.1, -0.05) is 74.5 Å². The van der Waals surface area contributed by atoms with E-state index >= 15 is 0 Å². The number of fused-ring (bicyclic) bond motifs is 3. The molecule has 1 atom stereocenters. The summed E-state index contributed by atoms with van der Waals surface area (Å²) < 4.78 is 12.8. The van der Waals surface area contributed by atoms with E-state index in [4.69, 9.17) is 20.2 Å². The molecule has 4 aromatic carbocycles. The third-order valence-corrected chi connectivity index (χ3v) is 5.93. The Bertz CT molecular complexity index is 1440. The van der Waals surface area contributed by atoms with Crippen LogP contribution in [-0.4, -0.2) is 30.3 Å². The lowest BCUT2D eigenvalue weighted by Crippen LogP contribution is -2.39. The van der Waals surface area contributed by atoms with Gasteiger partial charge < -0.3 is 20.5 Å². The molecule has 0 fully saturated rings. The summed E-state index contributed by atoms with van der Waals surface area (Å²) >= 11 is 0. The molecule has 5 heteroatoms. The number of ether oxygens (including phenoxy) is 2. The summed E-state index contributed by atoms with van der Waals surface area (Å²) in [6, 6.07) is 28.5. The fraction of sp³-hybridized carbons (Fsp3) is 0.207. The minimum absolute atomic E-state index is 0.224. The molecule has 0 spiro atoms. The van der Waals surface area contributed by atoms with E-state index < -0.39 is 0 Å². The molecule has 5 nitrogen and oxygen atoms in total. The highest BCUT2D eigenvalue weighted by molar-refractivity contribution is 6.08. The molecule has 0 radical (unpaired) electrons. The van der Waals surface area contributed by atoms with Gasteiger partial charge in [-0.2, -0.15) is 0 Å². The molecule has 0 saturated heterocycles. The molecule has 0 saturated carbocycles. The Morgan fingerprint density at radius 3 is 2.32 bits per heavy atom. The second-order valence-electron chi connectivity index (χ2n) is 8.78. The molecule has 3 N–H and O–H groups in total. The van der Waals surface area contributed by atoms with Gasteiger partial charge in [-0.3, -0.25) is 0 Å². The lowest BCUT2D eigenvalue weighted by Gasteiger charge is -2.23. The van der Waals surface area contributed by atoms with Crippen molar-refractivity contribution >= 4 is 38.3 Å². The zero-order valence-electron chi connectivity index (χ0n) is 19.5. The number of nitrogen functional groups attached to an aromatic ring is 1. The second-order valence-corrected chi connectivity index (χ2v) is 8.78. The fourth-order valence-electron chi connectivity index (χ4n) is 4.23. The SMILES string of the molecule is CC(C)NCC(COc1cccc2ccccc12)Oc1cccc2nc3ccccc3c(N)c12. The van der Waals surface area contributed by atoms with Crippen LogP contribution >= 0.6 is 0 Å². The molecule has 0 amide bonds. The quantitative estimate of drug-likeness (QED) is 0.285. The van der Waals surface area contributed by atoms with E-state index in [0.717, 1.165) is 38.3 Å². The van der Waals surface area contributed by atoms with E-state index in [1.54, 1.807) is 0 Å². The number of nitrogens with zero attached hydrogens (tertiary/aromatic N) is 1. The van der Waals surface area contributed by atoms with Gasteiger partial charge in [-0.15, -0.1) is 0 Å². The number of para-hydroxylation sites is 1. The number of benzene rings is 4. The summed E-state index contributed by atoms with van der Waals surface area (Å²) in [6.07, 6.45) is -0.224. The van der Waals surface area contributed by atoms with Gasteiger partial charge in [0.25, 0.3) is 0 Å². The summed E-state index contributed by atoms with van der Waals surface area (Å²) in [5.41, 5.74) is 8.99. The van der Waals surface area contributed by atoms with Crippen molar-refractivity contribution in [1.29, 1.82) is 0 Å². The molecule has 34 heavy (non-hydrogen) atoms. The van der Waals surface area contributed by atoms with Crippen LogP contribution in [0.25, 0.3) is 32.6 Å². The summed E-state index contributed by atoms with van der Waals surface area (Å²) in [5, 5.41) is 7.48. The standard InChI is InChI=1S/C29H29N3O2/c1-19(2)31-17-21(18-33-26-15-7-10-20-9-3-4-11-22(20)26)34-27-16-8-14-25-28(27)29(30)23-12-5-6-13-24(23)32-25/h3-16,19,21,31H,17-18H2,1-2H3,(H2,30,32). The predicted octanol–water partition coefficient (Wildman–Crippen LogP) is 5.95. The number of anilines is 1. The second kappa shape index (κ2) is 9.57. The van der Waals surface area contributed by atoms with Crippen LogP contribution in [0.15, 0.2) is 84.9 Å². The topological polar surface area (TPSA) is 69.4 Å². The van der Waals surface area contributed by atoms with E-state index in [1.807, 2.05) is 66.7 Å².